The fraction of sp³-hybridized carbons (Fsp3) is 0.387. The van der Waals surface area contributed by atoms with E-state index in [1.807, 2.05) is 58.0 Å². The zero-order valence-electron chi connectivity index (χ0n) is 24.8. The summed E-state index contributed by atoms with van der Waals surface area (Å²) < 4.78 is 6.98. The average Bonchev–Trinajstić information content (AvgIpc) is 3.33. The molecular weight excluding hydrogens is 593 g/mol. The Morgan fingerprint density at radius 3 is 2.37 bits per heavy atom. The summed E-state index contributed by atoms with van der Waals surface area (Å²) in [4.78, 5) is 47.8. The summed E-state index contributed by atoms with van der Waals surface area (Å²) in [6.07, 6.45) is -0.319. The van der Waals surface area contributed by atoms with Crippen LogP contribution in [0.2, 0.25) is 10.0 Å². The molecule has 0 aliphatic rings. The van der Waals surface area contributed by atoms with Gasteiger partial charge in [0, 0.05) is 24.2 Å². The molecule has 0 aliphatic heterocycles. The number of amides is 2. The zero-order valence-corrected chi connectivity index (χ0v) is 26.3. The first-order valence-corrected chi connectivity index (χ1v) is 14.8. The van der Waals surface area contributed by atoms with Gasteiger partial charge in [-0.1, -0.05) is 65.6 Å². The third-order valence-corrected chi connectivity index (χ3v) is 8.03. The number of halogens is 2. The quantitative estimate of drug-likeness (QED) is 0.205. The number of carbonyl (C=O) groups excluding carboxylic acids is 1. The molecule has 4 rings (SSSR count). The van der Waals surface area contributed by atoms with Gasteiger partial charge in [0.15, 0.2) is 0 Å². The van der Waals surface area contributed by atoms with Crippen molar-refractivity contribution in [3.8, 4) is 0 Å². The lowest BCUT2D eigenvalue weighted by atomic mass is 10.1. The molecule has 0 radical (unpaired) electrons. The molecule has 1 atom stereocenters. The summed E-state index contributed by atoms with van der Waals surface area (Å²) in [7, 11) is 0. The maximum absolute atomic E-state index is 14.2. The summed E-state index contributed by atoms with van der Waals surface area (Å²) in [6.45, 7) is 9.59. The average molecular weight is 629 g/mol. The Bertz CT molecular complexity index is 1680. The molecule has 228 valence electrons. The first-order valence-electron chi connectivity index (χ1n) is 14.0. The van der Waals surface area contributed by atoms with Gasteiger partial charge in [-0.3, -0.25) is 14.2 Å². The number of aromatic nitrogens is 3. The standard InChI is InChI=1S/C31H35Cl2N5O5/c1-6-24(26-34-27-25(19(2)35-43-27)29(40)37(26)18-20-11-8-7-9-12-20)36(15-10-16-38(30(41)42)31(3,4)5)28(39)21-13-14-22(32)23(33)17-21/h7-9,11-14,17,24H,6,10,15-16,18H2,1-5H3,(H,41,42). The molecule has 10 nitrogen and oxygen atoms in total. The second-order valence-electron chi connectivity index (χ2n) is 11.3. The molecular formula is C31H35Cl2N5O5. The summed E-state index contributed by atoms with van der Waals surface area (Å²) >= 11 is 12.4. The van der Waals surface area contributed by atoms with Crippen LogP contribution in [0.5, 0.6) is 0 Å². The van der Waals surface area contributed by atoms with Gasteiger partial charge in [-0.2, -0.15) is 4.98 Å². The molecule has 2 aromatic heterocycles. The van der Waals surface area contributed by atoms with Gasteiger partial charge in [-0.25, -0.2) is 4.79 Å². The fourth-order valence-corrected chi connectivity index (χ4v) is 5.41. The van der Waals surface area contributed by atoms with E-state index in [0.29, 0.717) is 34.9 Å². The van der Waals surface area contributed by atoms with Crippen LogP contribution in [0.25, 0.3) is 11.1 Å². The van der Waals surface area contributed by atoms with Crippen LogP contribution in [0.3, 0.4) is 0 Å². The van der Waals surface area contributed by atoms with E-state index in [1.54, 1.807) is 28.5 Å². The Balaban J connectivity index is 1.83. The summed E-state index contributed by atoms with van der Waals surface area (Å²) in [5.41, 5.74) is 0.725. The number of fused-ring (bicyclic) bond motifs is 1. The molecule has 0 fully saturated rings. The number of benzene rings is 2. The second-order valence-corrected chi connectivity index (χ2v) is 12.1. The lowest BCUT2D eigenvalue weighted by Gasteiger charge is -2.35. The highest BCUT2D eigenvalue weighted by Gasteiger charge is 2.32. The number of hydrogen-bond acceptors (Lipinski definition) is 6. The lowest BCUT2D eigenvalue weighted by Crippen LogP contribution is -2.46. The molecule has 0 bridgehead atoms. The van der Waals surface area contributed by atoms with Crippen LogP contribution in [0.1, 0.15) is 74.0 Å². The van der Waals surface area contributed by atoms with Crippen molar-refractivity contribution in [3.05, 3.63) is 91.6 Å². The topological polar surface area (TPSA) is 122 Å². The molecule has 4 aromatic rings. The van der Waals surface area contributed by atoms with Gasteiger partial charge in [0.2, 0.25) is 0 Å². The monoisotopic (exact) mass is 627 g/mol. The van der Waals surface area contributed by atoms with Gasteiger partial charge in [-0.05, 0) is 64.3 Å². The summed E-state index contributed by atoms with van der Waals surface area (Å²) in [6, 6.07) is 13.4. The molecule has 0 aliphatic carbocycles. The SMILES string of the molecule is CCC(c1nc2onc(C)c2c(=O)n1Cc1ccccc1)N(CCCN(C(=O)O)C(C)(C)C)C(=O)c1ccc(Cl)c(Cl)c1. The minimum atomic E-state index is -1.05. The van der Waals surface area contributed by atoms with Crippen molar-refractivity contribution < 1.29 is 19.2 Å². The van der Waals surface area contributed by atoms with Crippen molar-refractivity contribution in [3.63, 3.8) is 0 Å². The van der Waals surface area contributed by atoms with Crippen LogP contribution in [0, 0.1) is 6.92 Å². The van der Waals surface area contributed by atoms with Crippen molar-refractivity contribution in [2.24, 2.45) is 0 Å². The van der Waals surface area contributed by atoms with Crippen LogP contribution in [0.4, 0.5) is 4.79 Å². The van der Waals surface area contributed by atoms with Crippen LogP contribution < -0.4 is 5.56 Å². The van der Waals surface area contributed by atoms with E-state index in [9.17, 15) is 19.5 Å². The second kappa shape index (κ2) is 13.2. The van der Waals surface area contributed by atoms with E-state index in [-0.39, 0.29) is 47.2 Å². The third-order valence-electron chi connectivity index (χ3n) is 7.29. The largest absolute Gasteiger partial charge is 0.465 e. The van der Waals surface area contributed by atoms with E-state index in [2.05, 4.69) is 5.16 Å². The van der Waals surface area contributed by atoms with E-state index in [1.165, 1.54) is 11.0 Å². The molecule has 1 N–H and O–H groups in total. The minimum Gasteiger partial charge on any atom is -0.465 e. The highest BCUT2D eigenvalue weighted by atomic mass is 35.5. The first-order chi connectivity index (χ1) is 20.3. The van der Waals surface area contributed by atoms with E-state index in [4.69, 9.17) is 32.7 Å². The molecule has 43 heavy (non-hydrogen) atoms. The predicted molar refractivity (Wildman–Crippen MR) is 166 cm³/mol. The van der Waals surface area contributed by atoms with Crippen molar-refractivity contribution in [1.82, 2.24) is 24.5 Å². The number of carboxylic acid groups (broad SMARTS) is 1. The van der Waals surface area contributed by atoms with Gasteiger partial charge in [-0.15, -0.1) is 0 Å². The van der Waals surface area contributed by atoms with E-state index >= 15 is 0 Å². The van der Waals surface area contributed by atoms with Crippen LogP contribution >= 0.6 is 23.2 Å². The number of rotatable bonds is 10. The number of aryl methyl sites for hydroxylation is 1. The van der Waals surface area contributed by atoms with E-state index in [0.717, 1.165) is 5.56 Å². The van der Waals surface area contributed by atoms with Crippen molar-refractivity contribution in [2.45, 2.75) is 65.6 Å². The third kappa shape index (κ3) is 7.02. The number of hydrogen-bond donors (Lipinski definition) is 1. The first kappa shape index (κ1) is 32.0. The summed E-state index contributed by atoms with van der Waals surface area (Å²) in [5, 5.41) is 14.6. The van der Waals surface area contributed by atoms with Crippen molar-refractivity contribution >= 4 is 46.3 Å². The Hall–Kier alpha value is -3.89. The molecule has 2 heterocycles. The number of carbonyl (C=O) groups is 2. The van der Waals surface area contributed by atoms with Crippen molar-refractivity contribution in [1.29, 1.82) is 0 Å². The summed E-state index contributed by atoms with van der Waals surface area (Å²) in [5.74, 6) is -0.0308. The Morgan fingerprint density at radius 1 is 1.07 bits per heavy atom. The van der Waals surface area contributed by atoms with Gasteiger partial charge in [0.1, 0.15) is 11.2 Å². The van der Waals surface area contributed by atoms with Crippen LogP contribution in [-0.4, -0.2) is 60.2 Å². The molecule has 1 unspecified atom stereocenters. The van der Waals surface area contributed by atoms with Gasteiger partial charge >= 0.3 is 6.09 Å². The molecule has 2 amide bonds. The zero-order chi connectivity index (χ0) is 31.5. The molecule has 12 heteroatoms. The molecule has 0 spiro atoms. The predicted octanol–water partition coefficient (Wildman–Crippen LogP) is 6.81. The smallest absolute Gasteiger partial charge is 0.407 e. The maximum atomic E-state index is 14.2. The highest BCUT2D eigenvalue weighted by Crippen LogP contribution is 2.29. The highest BCUT2D eigenvalue weighted by molar-refractivity contribution is 6.42. The van der Waals surface area contributed by atoms with Gasteiger partial charge in [0.25, 0.3) is 17.2 Å². The van der Waals surface area contributed by atoms with E-state index < -0.39 is 17.7 Å². The van der Waals surface area contributed by atoms with Crippen molar-refractivity contribution in [2.75, 3.05) is 13.1 Å². The lowest BCUT2D eigenvalue weighted by molar-refractivity contribution is 0.0628. The Labute approximate surface area is 259 Å². The Kier molecular flexibility index (Phi) is 9.82. The fourth-order valence-electron chi connectivity index (χ4n) is 5.11. The van der Waals surface area contributed by atoms with Crippen LogP contribution in [0.15, 0.2) is 57.8 Å². The van der Waals surface area contributed by atoms with Gasteiger partial charge in [0.05, 0.1) is 28.3 Å². The van der Waals surface area contributed by atoms with Crippen LogP contribution in [-0.2, 0) is 6.54 Å². The molecule has 0 saturated carbocycles. The molecule has 0 saturated heterocycles. The Morgan fingerprint density at radius 2 is 1.77 bits per heavy atom. The maximum Gasteiger partial charge on any atom is 0.407 e. The van der Waals surface area contributed by atoms with Gasteiger partial charge < -0.3 is 19.4 Å². The number of nitrogens with zero attached hydrogens (tertiary/aromatic N) is 5. The molecule has 2 aromatic carbocycles. The normalized spacial score (nSPS) is 12.3. The minimum absolute atomic E-state index is 0.0898.